The molecule has 3 nitrogen and oxygen atoms in total. The zero-order chi connectivity index (χ0) is 11.0. The van der Waals surface area contributed by atoms with Gasteiger partial charge in [0.2, 0.25) is 0 Å². The molecule has 0 bridgehead atoms. The SMILES string of the molecule is C#CCCCN(CC)C(C)CC(=O)O. The highest BCUT2D eigenvalue weighted by Crippen LogP contribution is 2.05. The maximum absolute atomic E-state index is 10.5. The van der Waals surface area contributed by atoms with Crippen molar-refractivity contribution < 1.29 is 9.90 Å². The smallest absolute Gasteiger partial charge is 0.304 e. The van der Waals surface area contributed by atoms with E-state index < -0.39 is 5.97 Å². The van der Waals surface area contributed by atoms with Gasteiger partial charge >= 0.3 is 5.97 Å². The molecule has 1 atom stereocenters. The molecule has 0 aliphatic heterocycles. The molecule has 0 aliphatic rings. The van der Waals surface area contributed by atoms with Crippen molar-refractivity contribution in [2.75, 3.05) is 13.1 Å². The first kappa shape index (κ1) is 13.0. The van der Waals surface area contributed by atoms with Gasteiger partial charge in [0.25, 0.3) is 0 Å². The first-order valence-corrected chi connectivity index (χ1v) is 5.01. The monoisotopic (exact) mass is 197 g/mol. The van der Waals surface area contributed by atoms with Crippen LogP contribution in [0.25, 0.3) is 0 Å². The first-order valence-electron chi connectivity index (χ1n) is 5.01. The van der Waals surface area contributed by atoms with Crippen LogP contribution in [-0.4, -0.2) is 35.1 Å². The predicted octanol–water partition coefficient (Wildman–Crippen LogP) is 1.58. The van der Waals surface area contributed by atoms with Crippen molar-refractivity contribution in [3.63, 3.8) is 0 Å². The van der Waals surface area contributed by atoms with Gasteiger partial charge in [0.15, 0.2) is 0 Å². The zero-order valence-corrected chi connectivity index (χ0v) is 8.99. The summed E-state index contributed by atoms with van der Waals surface area (Å²) < 4.78 is 0. The molecule has 0 aromatic rings. The summed E-state index contributed by atoms with van der Waals surface area (Å²) in [6.07, 6.45) is 7.05. The molecule has 0 spiro atoms. The van der Waals surface area contributed by atoms with Crippen molar-refractivity contribution in [1.29, 1.82) is 0 Å². The number of rotatable bonds is 7. The Bertz CT molecular complexity index is 208. The highest BCUT2D eigenvalue weighted by atomic mass is 16.4. The maximum Gasteiger partial charge on any atom is 0.304 e. The van der Waals surface area contributed by atoms with E-state index in [0.717, 1.165) is 25.9 Å². The summed E-state index contributed by atoms with van der Waals surface area (Å²) in [6.45, 7) is 5.73. The third-order valence-corrected chi connectivity index (χ3v) is 2.27. The fourth-order valence-electron chi connectivity index (χ4n) is 1.46. The van der Waals surface area contributed by atoms with E-state index in [1.54, 1.807) is 0 Å². The molecule has 0 fully saturated rings. The normalized spacial score (nSPS) is 12.4. The van der Waals surface area contributed by atoms with E-state index >= 15 is 0 Å². The second kappa shape index (κ2) is 7.40. The van der Waals surface area contributed by atoms with Crippen molar-refractivity contribution in [2.45, 2.75) is 39.2 Å². The molecule has 14 heavy (non-hydrogen) atoms. The van der Waals surface area contributed by atoms with Crippen LogP contribution >= 0.6 is 0 Å². The molecular formula is C11H19NO2. The Morgan fingerprint density at radius 3 is 2.71 bits per heavy atom. The van der Waals surface area contributed by atoms with Gasteiger partial charge in [-0.3, -0.25) is 4.79 Å². The van der Waals surface area contributed by atoms with Crippen LogP contribution in [0.2, 0.25) is 0 Å². The predicted molar refractivity (Wildman–Crippen MR) is 57.0 cm³/mol. The molecule has 0 saturated heterocycles. The molecule has 3 heteroatoms. The van der Waals surface area contributed by atoms with Crippen molar-refractivity contribution in [1.82, 2.24) is 4.90 Å². The van der Waals surface area contributed by atoms with Gasteiger partial charge in [-0.05, 0) is 26.4 Å². The van der Waals surface area contributed by atoms with Crippen LogP contribution in [0.1, 0.15) is 33.1 Å². The van der Waals surface area contributed by atoms with Gasteiger partial charge in [-0.2, -0.15) is 0 Å². The third kappa shape index (κ3) is 5.60. The maximum atomic E-state index is 10.5. The summed E-state index contributed by atoms with van der Waals surface area (Å²) in [5, 5.41) is 8.64. The summed E-state index contributed by atoms with van der Waals surface area (Å²) in [5.74, 6) is 1.84. The summed E-state index contributed by atoms with van der Waals surface area (Å²) >= 11 is 0. The first-order chi connectivity index (χ1) is 6.61. The lowest BCUT2D eigenvalue weighted by Crippen LogP contribution is -2.35. The Labute approximate surface area is 86.1 Å². The lowest BCUT2D eigenvalue weighted by Gasteiger charge is -2.26. The Kier molecular flexibility index (Phi) is 6.87. The van der Waals surface area contributed by atoms with Crippen molar-refractivity contribution in [3.05, 3.63) is 0 Å². The molecule has 0 rings (SSSR count). The molecule has 0 heterocycles. The van der Waals surface area contributed by atoms with E-state index in [2.05, 4.69) is 10.8 Å². The van der Waals surface area contributed by atoms with Gasteiger partial charge in [-0.15, -0.1) is 12.3 Å². The van der Waals surface area contributed by atoms with Gasteiger partial charge in [0.1, 0.15) is 0 Å². The van der Waals surface area contributed by atoms with E-state index in [1.807, 2.05) is 13.8 Å². The minimum Gasteiger partial charge on any atom is -0.481 e. The Hall–Kier alpha value is -1.01. The van der Waals surface area contributed by atoms with Crippen LogP contribution < -0.4 is 0 Å². The summed E-state index contributed by atoms with van der Waals surface area (Å²) in [4.78, 5) is 12.6. The number of carboxylic acids is 1. The Balaban J connectivity index is 3.87. The standard InChI is InChI=1S/C11H19NO2/c1-4-6-7-8-12(5-2)10(3)9-11(13)14/h1,10H,5-9H2,2-3H3,(H,13,14). The van der Waals surface area contributed by atoms with Crippen molar-refractivity contribution in [2.24, 2.45) is 0 Å². The second-order valence-electron chi connectivity index (χ2n) is 3.38. The lowest BCUT2D eigenvalue weighted by molar-refractivity contribution is -0.138. The number of hydrogen-bond donors (Lipinski definition) is 1. The quantitative estimate of drug-likeness (QED) is 0.497. The second-order valence-corrected chi connectivity index (χ2v) is 3.38. The van der Waals surface area contributed by atoms with Crippen LogP contribution in [-0.2, 0) is 4.79 Å². The Morgan fingerprint density at radius 2 is 2.29 bits per heavy atom. The Morgan fingerprint density at radius 1 is 1.64 bits per heavy atom. The largest absolute Gasteiger partial charge is 0.481 e. The molecule has 0 aromatic carbocycles. The van der Waals surface area contributed by atoms with Crippen molar-refractivity contribution in [3.8, 4) is 12.3 Å². The number of unbranched alkanes of at least 4 members (excludes halogenated alkanes) is 1. The highest BCUT2D eigenvalue weighted by molar-refractivity contribution is 5.67. The number of carbonyl (C=O) groups is 1. The topological polar surface area (TPSA) is 40.5 Å². The molecule has 0 aromatic heterocycles. The molecule has 0 aliphatic carbocycles. The average Bonchev–Trinajstić information content (AvgIpc) is 2.11. The molecule has 0 saturated carbocycles. The fourth-order valence-corrected chi connectivity index (χ4v) is 1.46. The number of aliphatic carboxylic acids is 1. The third-order valence-electron chi connectivity index (χ3n) is 2.27. The van der Waals surface area contributed by atoms with Crippen LogP contribution in [0.15, 0.2) is 0 Å². The van der Waals surface area contributed by atoms with Gasteiger partial charge in [0.05, 0.1) is 6.42 Å². The summed E-state index contributed by atoms with van der Waals surface area (Å²) in [7, 11) is 0. The number of carboxylic acid groups (broad SMARTS) is 1. The molecule has 1 N–H and O–H groups in total. The van der Waals surface area contributed by atoms with E-state index in [9.17, 15) is 4.79 Å². The van der Waals surface area contributed by atoms with Gasteiger partial charge in [-0.1, -0.05) is 6.92 Å². The fraction of sp³-hybridized carbons (Fsp3) is 0.727. The number of terminal acetylenes is 1. The van der Waals surface area contributed by atoms with Crippen LogP contribution in [0.3, 0.4) is 0 Å². The summed E-state index contributed by atoms with van der Waals surface area (Å²) in [6, 6.07) is 0.0928. The van der Waals surface area contributed by atoms with Gasteiger partial charge in [-0.25, -0.2) is 0 Å². The van der Waals surface area contributed by atoms with Gasteiger partial charge < -0.3 is 10.0 Å². The average molecular weight is 197 g/mol. The van der Waals surface area contributed by atoms with Crippen molar-refractivity contribution >= 4 is 5.97 Å². The van der Waals surface area contributed by atoms with E-state index in [4.69, 9.17) is 11.5 Å². The minimum absolute atomic E-state index is 0.0928. The van der Waals surface area contributed by atoms with Crippen LogP contribution in [0.5, 0.6) is 0 Å². The van der Waals surface area contributed by atoms with Crippen LogP contribution in [0, 0.1) is 12.3 Å². The number of hydrogen-bond acceptors (Lipinski definition) is 2. The lowest BCUT2D eigenvalue weighted by atomic mass is 10.2. The van der Waals surface area contributed by atoms with Gasteiger partial charge in [0, 0.05) is 12.5 Å². The number of nitrogens with zero attached hydrogens (tertiary/aromatic N) is 1. The van der Waals surface area contributed by atoms with E-state index in [0.29, 0.717) is 0 Å². The molecule has 1 unspecified atom stereocenters. The molecular weight excluding hydrogens is 178 g/mol. The van der Waals surface area contributed by atoms with E-state index in [-0.39, 0.29) is 12.5 Å². The molecule has 0 radical (unpaired) electrons. The van der Waals surface area contributed by atoms with E-state index in [1.165, 1.54) is 0 Å². The highest BCUT2D eigenvalue weighted by Gasteiger charge is 2.14. The molecule has 80 valence electrons. The zero-order valence-electron chi connectivity index (χ0n) is 8.99. The minimum atomic E-state index is -0.743. The van der Waals surface area contributed by atoms with Crippen LogP contribution in [0.4, 0.5) is 0 Å². The molecule has 0 amide bonds. The summed E-state index contributed by atoms with van der Waals surface area (Å²) in [5.41, 5.74) is 0.